The number of nitrogens with two attached hydrogens (primary N) is 1. The molecule has 1 aliphatic rings. The van der Waals surface area contributed by atoms with E-state index >= 15 is 0 Å². The zero-order chi connectivity index (χ0) is 13.0. The first-order valence-electron chi connectivity index (χ1n) is 6.45. The van der Waals surface area contributed by atoms with Crippen molar-refractivity contribution in [2.24, 2.45) is 0 Å². The third-order valence-corrected chi connectivity index (χ3v) is 3.40. The van der Waals surface area contributed by atoms with E-state index in [4.69, 9.17) is 5.73 Å². The van der Waals surface area contributed by atoms with Gasteiger partial charge in [0, 0.05) is 25.2 Å². The van der Waals surface area contributed by atoms with Crippen LogP contribution in [0.4, 0.5) is 5.69 Å². The molecule has 0 spiro atoms. The van der Waals surface area contributed by atoms with E-state index in [2.05, 4.69) is 0 Å². The van der Waals surface area contributed by atoms with Gasteiger partial charge in [-0.15, -0.1) is 0 Å². The van der Waals surface area contributed by atoms with Gasteiger partial charge in [-0.05, 0) is 37.0 Å². The highest BCUT2D eigenvalue weighted by Gasteiger charge is 2.20. The molecule has 98 valence electrons. The number of likely N-dealkylation sites (tertiary alicyclic amines) is 1. The number of hydrogen-bond acceptors (Lipinski definition) is 3. The van der Waals surface area contributed by atoms with E-state index < -0.39 is 0 Å². The molecule has 0 unspecified atom stereocenters. The number of rotatable bonds is 3. The molecule has 1 aliphatic heterocycles. The number of carbonyl (C=O) groups is 1. The van der Waals surface area contributed by atoms with Crippen molar-refractivity contribution in [1.29, 1.82) is 0 Å². The van der Waals surface area contributed by atoms with Crippen LogP contribution in [0.3, 0.4) is 0 Å². The highest BCUT2D eigenvalue weighted by Crippen LogP contribution is 2.13. The number of aliphatic hydroxyl groups excluding tert-OH is 1. The van der Waals surface area contributed by atoms with E-state index in [1.54, 1.807) is 0 Å². The summed E-state index contributed by atoms with van der Waals surface area (Å²) in [5.41, 5.74) is 7.53. The molecule has 18 heavy (non-hydrogen) atoms. The topological polar surface area (TPSA) is 66.6 Å². The second kappa shape index (κ2) is 5.87. The minimum atomic E-state index is -0.233. The number of aliphatic hydroxyl groups is 1. The molecule has 0 bridgehead atoms. The van der Waals surface area contributed by atoms with Gasteiger partial charge in [0.2, 0.25) is 5.91 Å². The fraction of sp³-hybridized carbons (Fsp3) is 0.500. The monoisotopic (exact) mass is 248 g/mol. The fourth-order valence-electron chi connectivity index (χ4n) is 2.27. The summed E-state index contributed by atoms with van der Waals surface area (Å²) >= 11 is 0. The van der Waals surface area contributed by atoms with E-state index in [1.165, 1.54) is 0 Å². The maximum atomic E-state index is 12.0. The van der Waals surface area contributed by atoms with Crippen LogP contribution in [0.15, 0.2) is 24.3 Å². The predicted molar refractivity (Wildman–Crippen MR) is 71.0 cm³/mol. The van der Waals surface area contributed by atoms with Crippen molar-refractivity contribution >= 4 is 11.6 Å². The van der Waals surface area contributed by atoms with Crippen molar-refractivity contribution in [3.8, 4) is 0 Å². The standard InChI is InChI=1S/C14H20N2O2/c15-12-3-1-2-11(10-12)4-5-14(18)16-8-6-13(17)7-9-16/h1-3,10,13,17H,4-9,15H2. The van der Waals surface area contributed by atoms with Crippen LogP contribution >= 0.6 is 0 Å². The fourth-order valence-corrected chi connectivity index (χ4v) is 2.27. The Balaban J connectivity index is 1.81. The first-order valence-corrected chi connectivity index (χ1v) is 6.45. The summed E-state index contributed by atoms with van der Waals surface area (Å²) in [6.45, 7) is 1.36. The maximum absolute atomic E-state index is 12.0. The Morgan fingerprint density at radius 3 is 2.78 bits per heavy atom. The van der Waals surface area contributed by atoms with Gasteiger partial charge in [0.05, 0.1) is 6.10 Å². The molecule has 1 amide bonds. The summed E-state index contributed by atoms with van der Waals surface area (Å²) < 4.78 is 0. The van der Waals surface area contributed by atoms with E-state index in [0.717, 1.165) is 17.7 Å². The van der Waals surface area contributed by atoms with Crippen LogP contribution < -0.4 is 5.73 Å². The van der Waals surface area contributed by atoms with E-state index in [-0.39, 0.29) is 12.0 Å². The summed E-state index contributed by atoms with van der Waals surface area (Å²) in [5, 5.41) is 9.40. The van der Waals surface area contributed by atoms with Crippen molar-refractivity contribution in [3.63, 3.8) is 0 Å². The van der Waals surface area contributed by atoms with Gasteiger partial charge in [0.15, 0.2) is 0 Å². The number of aryl methyl sites for hydroxylation is 1. The molecule has 1 fully saturated rings. The van der Waals surface area contributed by atoms with Gasteiger partial charge < -0.3 is 15.7 Å². The van der Waals surface area contributed by atoms with Crippen LogP contribution in [-0.4, -0.2) is 35.1 Å². The average Bonchev–Trinajstić information content (AvgIpc) is 2.37. The van der Waals surface area contributed by atoms with Crippen molar-refractivity contribution in [1.82, 2.24) is 4.90 Å². The van der Waals surface area contributed by atoms with Crippen LogP contribution in [0, 0.1) is 0 Å². The Morgan fingerprint density at radius 1 is 1.39 bits per heavy atom. The summed E-state index contributed by atoms with van der Waals surface area (Å²) in [6.07, 6.45) is 2.40. The molecule has 0 aliphatic carbocycles. The third-order valence-electron chi connectivity index (χ3n) is 3.40. The number of nitrogen functional groups attached to an aromatic ring is 1. The van der Waals surface area contributed by atoms with Gasteiger partial charge in [-0.3, -0.25) is 4.79 Å². The third kappa shape index (κ3) is 3.47. The predicted octanol–water partition coefficient (Wildman–Crippen LogP) is 1.18. The molecule has 0 saturated carbocycles. The molecule has 4 heteroatoms. The normalized spacial score (nSPS) is 16.8. The molecular formula is C14H20N2O2. The highest BCUT2D eigenvalue weighted by molar-refractivity contribution is 5.76. The van der Waals surface area contributed by atoms with Gasteiger partial charge in [0.25, 0.3) is 0 Å². The molecule has 0 atom stereocenters. The Hall–Kier alpha value is -1.55. The van der Waals surface area contributed by atoms with Crippen molar-refractivity contribution in [3.05, 3.63) is 29.8 Å². The van der Waals surface area contributed by atoms with Gasteiger partial charge in [-0.2, -0.15) is 0 Å². The molecule has 2 rings (SSSR count). The SMILES string of the molecule is Nc1cccc(CCC(=O)N2CCC(O)CC2)c1. The lowest BCUT2D eigenvalue weighted by Gasteiger charge is -2.29. The van der Waals surface area contributed by atoms with Crippen LogP contribution in [0.1, 0.15) is 24.8 Å². The van der Waals surface area contributed by atoms with Gasteiger partial charge >= 0.3 is 0 Å². The van der Waals surface area contributed by atoms with Crippen LogP contribution in [0.5, 0.6) is 0 Å². The molecular weight excluding hydrogens is 228 g/mol. The number of carbonyl (C=O) groups excluding carboxylic acids is 1. The minimum absolute atomic E-state index is 0.171. The highest BCUT2D eigenvalue weighted by atomic mass is 16.3. The van der Waals surface area contributed by atoms with Gasteiger partial charge in [-0.25, -0.2) is 0 Å². The second-order valence-electron chi connectivity index (χ2n) is 4.86. The first-order chi connectivity index (χ1) is 8.65. The molecule has 3 N–H and O–H groups in total. The molecule has 1 heterocycles. The zero-order valence-corrected chi connectivity index (χ0v) is 10.5. The van der Waals surface area contributed by atoms with E-state index in [9.17, 15) is 9.90 Å². The first kappa shape index (κ1) is 12.9. The molecule has 0 aromatic heterocycles. The number of anilines is 1. The summed E-state index contributed by atoms with van der Waals surface area (Å²) in [7, 11) is 0. The Labute approximate surface area is 107 Å². The van der Waals surface area contributed by atoms with Crippen molar-refractivity contribution in [2.75, 3.05) is 18.8 Å². The number of piperidine rings is 1. The molecule has 1 saturated heterocycles. The Morgan fingerprint density at radius 2 is 2.11 bits per heavy atom. The smallest absolute Gasteiger partial charge is 0.222 e. The minimum Gasteiger partial charge on any atom is -0.399 e. The van der Waals surface area contributed by atoms with Gasteiger partial charge in [0.1, 0.15) is 0 Å². The quantitative estimate of drug-likeness (QED) is 0.789. The van der Waals surface area contributed by atoms with E-state index in [0.29, 0.717) is 32.4 Å². The molecule has 4 nitrogen and oxygen atoms in total. The lowest BCUT2D eigenvalue weighted by Crippen LogP contribution is -2.40. The van der Waals surface area contributed by atoms with Crippen LogP contribution in [0.2, 0.25) is 0 Å². The molecule has 0 radical (unpaired) electrons. The number of nitrogens with zero attached hydrogens (tertiary/aromatic N) is 1. The van der Waals surface area contributed by atoms with E-state index in [1.807, 2.05) is 29.2 Å². The molecule has 1 aromatic carbocycles. The number of hydrogen-bond donors (Lipinski definition) is 2. The van der Waals surface area contributed by atoms with Crippen LogP contribution in [-0.2, 0) is 11.2 Å². The second-order valence-corrected chi connectivity index (χ2v) is 4.86. The Bertz CT molecular complexity index is 412. The Kier molecular flexibility index (Phi) is 4.20. The van der Waals surface area contributed by atoms with Gasteiger partial charge in [-0.1, -0.05) is 12.1 Å². The van der Waals surface area contributed by atoms with Crippen LogP contribution in [0.25, 0.3) is 0 Å². The summed E-state index contributed by atoms with van der Waals surface area (Å²) in [5.74, 6) is 0.171. The van der Waals surface area contributed by atoms with Crippen molar-refractivity contribution in [2.45, 2.75) is 31.8 Å². The molecule has 1 aromatic rings. The largest absolute Gasteiger partial charge is 0.399 e. The average molecular weight is 248 g/mol. The number of benzene rings is 1. The lowest BCUT2D eigenvalue weighted by atomic mass is 10.1. The number of amides is 1. The summed E-state index contributed by atoms with van der Waals surface area (Å²) in [4.78, 5) is 13.8. The maximum Gasteiger partial charge on any atom is 0.222 e. The van der Waals surface area contributed by atoms with Crippen molar-refractivity contribution < 1.29 is 9.90 Å². The summed E-state index contributed by atoms with van der Waals surface area (Å²) in [6, 6.07) is 7.65. The lowest BCUT2D eigenvalue weighted by molar-refractivity contribution is -0.133. The zero-order valence-electron chi connectivity index (χ0n) is 10.5.